The van der Waals surface area contributed by atoms with Gasteiger partial charge in [-0.25, -0.2) is 4.98 Å². The highest BCUT2D eigenvalue weighted by Gasteiger charge is 2.24. The molecule has 72 valence electrons. The van der Waals surface area contributed by atoms with E-state index in [-0.39, 0.29) is 11.9 Å². The minimum Gasteiger partial charge on any atom is -0.384 e. The summed E-state index contributed by atoms with van der Waals surface area (Å²) in [6.45, 7) is 1.78. The van der Waals surface area contributed by atoms with Gasteiger partial charge in [0.15, 0.2) is 0 Å². The third-order valence-corrected chi connectivity index (χ3v) is 1.77. The molecule has 0 unspecified atom stereocenters. The first-order chi connectivity index (χ1) is 6.66. The summed E-state index contributed by atoms with van der Waals surface area (Å²) in [7, 11) is 0. The molecule has 14 heavy (non-hydrogen) atoms. The Hall–Kier alpha value is -1.98. The summed E-state index contributed by atoms with van der Waals surface area (Å²) in [5.41, 5.74) is 6.22. The van der Waals surface area contributed by atoms with Crippen LogP contribution < -0.4 is 10.7 Å². The van der Waals surface area contributed by atoms with Crippen molar-refractivity contribution in [2.45, 2.75) is 13.3 Å². The van der Waals surface area contributed by atoms with Gasteiger partial charge in [0.05, 0.1) is 6.42 Å². The fourth-order valence-corrected chi connectivity index (χ4v) is 1.18. The lowest BCUT2D eigenvalue weighted by molar-refractivity contribution is -0.117. The molecule has 0 radical (unpaired) electrons. The predicted molar refractivity (Wildman–Crippen MR) is 51.7 cm³/mol. The highest BCUT2D eigenvalue weighted by Crippen LogP contribution is 2.15. The quantitative estimate of drug-likeness (QED) is 0.685. The molecule has 2 rings (SSSR count). The Morgan fingerprint density at radius 2 is 2.36 bits per heavy atom. The minimum atomic E-state index is -0.131. The SMILES string of the molecule is CC1=NN(c2nccc(N)n2)C(=O)C1. The second-order valence-corrected chi connectivity index (χ2v) is 3.00. The van der Waals surface area contributed by atoms with Crippen LogP contribution in [-0.4, -0.2) is 21.6 Å². The van der Waals surface area contributed by atoms with E-state index >= 15 is 0 Å². The number of nitrogens with two attached hydrogens (primary N) is 1. The van der Waals surface area contributed by atoms with E-state index in [1.165, 1.54) is 11.2 Å². The van der Waals surface area contributed by atoms with Gasteiger partial charge >= 0.3 is 0 Å². The maximum atomic E-state index is 11.4. The van der Waals surface area contributed by atoms with Crippen LogP contribution in [0.4, 0.5) is 11.8 Å². The van der Waals surface area contributed by atoms with Crippen LogP contribution in [-0.2, 0) is 4.79 Å². The number of hydrazone groups is 1. The molecule has 2 heterocycles. The molecule has 1 aliphatic heterocycles. The third kappa shape index (κ3) is 1.41. The van der Waals surface area contributed by atoms with Crippen molar-refractivity contribution in [3.8, 4) is 0 Å². The molecule has 0 fully saturated rings. The van der Waals surface area contributed by atoms with Gasteiger partial charge in [-0.2, -0.15) is 15.1 Å². The molecule has 1 aromatic rings. The lowest BCUT2D eigenvalue weighted by Crippen LogP contribution is -2.22. The molecule has 1 amide bonds. The second-order valence-electron chi connectivity index (χ2n) is 3.00. The van der Waals surface area contributed by atoms with E-state index < -0.39 is 0 Å². The van der Waals surface area contributed by atoms with Crippen LogP contribution in [0.2, 0.25) is 0 Å². The zero-order chi connectivity index (χ0) is 10.1. The Balaban J connectivity index is 2.36. The minimum absolute atomic E-state index is 0.131. The smallest absolute Gasteiger partial charge is 0.255 e. The second kappa shape index (κ2) is 3.06. The summed E-state index contributed by atoms with van der Waals surface area (Å²) in [6, 6.07) is 1.56. The van der Waals surface area contributed by atoms with Crippen LogP contribution in [0.15, 0.2) is 17.4 Å². The molecule has 1 aromatic heterocycles. The van der Waals surface area contributed by atoms with Crippen molar-refractivity contribution in [1.29, 1.82) is 0 Å². The van der Waals surface area contributed by atoms with E-state index in [1.54, 1.807) is 13.0 Å². The van der Waals surface area contributed by atoms with Gasteiger partial charge in [0.2, 0.25) is 0 Å². The number of hydrogen-bond acceptors (Lipinski definition) is 5. The van der Waals surface area contributed by atoms with Crippen LogP contribution in [0.5, 0.6) is 0 Å². The van der Waals surface area contributed by atoms with Crippen LogP contribution in [0.1, 0.15) is 13.3 Å². The first-order valence-corrected chi connectivity index (χ1v) is 4.12. The Morgan fingerprint density at radius 3 is 2.93 bits per heavy atom. The average molecular weight is 191 g/mol. The van der Waals surface area contributed by atoms with Crippen molar-refractivity contribution in [2.75, 3.05) is 10.7 Å². The van der Waals surface area contributed by atoms with Gasteiger partial charge in [0, 0.05) is 11.9 Å². The van der Waals surface area contributed by atoms with Crippen molar-refractivity contribution in [1.82, 2.24) is 9.97 Å². The summed E-state index contributed by atoms with van der Waals surface area (Å²) < 4.78 is 0. The standard InChI is InChI=1S/C8H9N5O/c1-5-4-7(14)13(12-5)8-10-3-2-6(9)11-8/h2-3H,4H2,1H3,(H2,9,10,11). The van der Waals surface area contributed by atoms with E-state index in [0.29, 0.717) is 12.2 Å². The number of nitrogen functional groups attached to an aromatic ring is 1. The molecule has 0 aliphatic carbocycles. The maximum absolute atomic E-state index is 11.4. The summed E-state index contributed by atoms with van der Waals surface area (Å²) in [5, 5.41) is 5.17. The Labute approximate surface area is 80.5 Å². The summed E-state index contributed by atoms with van der Waals surface area (Å²) in [5.74, 6) is 0.419. The topological polar surface area (TPSA) is 84.5 Å². The van der Waals surface area contributed by atoms with E-state index in [9.17, 15) is 4.79 Å². The number of rotatable bonds is 1. The first-order valence-electron chi connectivity index (χ1n) is 4.12. The molecule has 0 aromatic carbocycles. The molecular formula is C8H9N5O. The summed E-state index contributed by atoms with van der Waals surface area (Å²) in [4.78, 5) is 19.2. The fraction of sp³-hybridized carbons (Fsp3) is 0.250. The lowest BCUT2D eigenvalue weighted by atomic mass is 10.3. The maximum Gasteiger partial charge on any atom is 0.255 e. The Kier molecular flexibility index (Phi) is 1.88. The molecule has 2 N–H and O–H groups in total. The zero-order valence-corrected chi connectivity index (χ0v) is 7.64. The van der Waals surface area contributed by atoms with E-state index in [0.717, 1.165) is 5.71 Å². The van der Waals surface area contributed by atoms with E-state index in [1.807, 2.05) is 0 Å². The fourth-order valence-electron chi connectivity index (χ4n) is 1.18. The molecule has 0 saturated heterocycles. The van der Waals surface area contributed by atoms with Gasteiger partial charge in [-0.3, -0.25) is 4.79 Å². The summed E-state index contributed by atoms with van der Waals surface area (Å²) in [6.07, 6.45) is 1.81. The number of anilines is 2. The molecule has 1 aliphatic rings. The van der Waals surface area contributed by atoms with Crippen molar-refractivity contribution in [3.63, 3.8) is 0 Å². The number of hydrogen-bond donors (Lipinski definition) is 1. The van der Waals surface area contributed by atoms with Gasteiger partial charge in [-0.1, -0.05) is 0 Å². The van der Waals surface area contributed by atoms with Gasteiger partial charge in [0.25, 0.3) is 11.9 Å². The highest BCUT2D eigenvalue weighted by molar-refractivity contribution is 6.11. The Morgan fingerprint density at radius 1 is 1.57 bits per heavy atom. The van der Waals surface area contributed by atoms with E-state index in [2.05, 4.69) is 15.1 Å². The molecule has 0 spiro atoms. The number of nitrogens with zero attached hydrogens (tertiary/aromatic N) is 4. The van der Waals surface area contributed by atoms with Crippen molar-refractivity contribution >= 4 is 23.4 Å². The van der Waals surface area contributed by atoms with Crippen LogP contribution in [0.25, 0.3) is 0 Å². The Bertz CT molecular complexity index is 414. The van der Waals surface area contributed by atoms with Crippen LogP contribution in [0.3, 0.4) is 0 Å². The highest BCUT2D eigenvalue weighted by atomic mass is 16.2. The number of carbonyl (C=O) groups is 1. The van der Waals surface area contributed by atoms with Crippen molar-refractivity contribution < 1.29 is 4.79 Å². The van der Waals surface area contributed by atoms with Crippen LogP contribution in [0, 0.1) is 0 Å². The molecule has 0 bridgehead atoms. The zero-order valence-electron chi connectivity index (χ0n) is 7.64. The first kappa shape index (κ1) is 8.61. The molecule has 0 saturated carbocycles. The number of aromatic nitrogens is 2. The third-order valence-electron chi connectivity index (χ3n) is 1.77. The van der Waals surface area contributed by atoms with Crippen LogP contribution >= 0.6 is 0 Å². The van der Waals surface area contributed by atoms with Crippen molar-refractivity contribution in [3.05, 3.63) is 12.3 Å². The normalized spacial score (nSPS) is 15.9. The largest absolute Gasteiger partial charge is 0.384 e. The van der Waals surface area contributed by atoms with Gasteiger partial charge < -0.3 is 5.73 Å². The summed E-state index contributed by atoms with van der Waals surface area (Å²) >= 11 is 0. The molecule has 6 heteroatoms. The van der Waals surface area contributed by atoms with Crippen molar-refractivity contribution in [2.24, 2.45) is 5.10 Å². The monoisotopic (exact) mass is 191 g/mol. The predicted octanol–water partition coefficient (Wildman–Crippen LogP) is 0.171. The average Bonchev–Trinajstić information content (AvgIpc) is 2.45. The molecular weight excluding hydrogens is 182 g/mol. The van der Waals surface area contributed by atoms with Gasteiger partial charge in [-0.05, 0) is 13.0 Å². The van der Waals surface area contributed by atoms with Gasteiger partial charge in [-0.15, -0.1) is 0 Å². The number of carbonyl (C=O) groups excluding carboxylic acids is 1. The van der Waals surface area contributed by atoms with Gasteiger partial charge in [0.1, 0.15) is 5.82 Å². The van der Waals surface area contributed by atoms with E-state index in [4.69, 9.17) is 5.73 Å². The number of amides is 1. The molecule has 6 nitrogen and oxygen atoms in total. The lowest BCUT2D eigenvalue weighted by Gasteiger charge is -2.08. The molecule has 0 atom stereocenters.